The number of rotatable bonds is 2. The number of carboxylic acids is 1. The van der Waals surface area contributed by atoms with Gasteiger partial charge in [0.05, 0.1) is 11.6 Å². The number of nitrogens with zero attached hydrogens (tertiary/aromatic N) is 4. The Hall–Kier alpha value is -5.29. The minimum absolute atomic E-state index is 0. The third-order valence-electron chi connectivity index (χ3n) is 4.48. The maximum Gasteiger partial charge on any atom is 0.353 e. The van der Waals surface area contributed by atoms with E-state index < -0.39 is 11.8 Å². The van der Waals surface area contributed by atoms with Gasteiger partial charge in [-0.1, -0.05) is 24.6 Å². The number of aromatic nitrogens is 3. The number of hydrogen-bond donors (Lipinski definition) is 1. The van der Waals surface area contributed by atoms with Crippen molar-refractivity contribution < 1.29 is 14.3 Å². The molecule has 0 aliphatic rings. The molecule has 1 radical (unpaired) electrons. The number of nitriles is 1. The predicted octanol–water partition coefficient (Wildman–Crippen LogP) is 5.29. The predicted molar refractivity (Wildman–Crippen MR) is 127 cm³/mol. The molecule has 0 bridgehead atoms. The Balaban J connectivity index is 0.000000403. The largest absolute Gasteiger partial charge is 0.697 e. The van der Waals surface area contributed by atoms with Crippen molar-refractivity contribution in [3.63, 3.8) is 0 Å². The van der Waals surface area contributed by atoms with Crippen LogP contribution in [0.1, 0.15) is 21.6 Å². The molecule has 2 N–H and O–H groups in total. The van der Waals surface area contributed by atoms with Gasteiger partial charge in [0.15, 0.2) is 0 Å². The van der Waals surface area contributed by atoms with Gasteiger partial charge < -0.3 is 22.8 Å². The second-order valence-corrected chi connectivity index (χ2v) is 7.30. The van der Waals surface area contributed by atoms with Crippen LogP contribution >= 0.6 is 11.6 Å². The molecule has 0 aliphatic heterocycles. The van der Waals surface area contributed by atoms with Crippen LogP contribution in [-0.4, -0.2) is 25.6 Å². The van der Waals surface area contributed by atoms with Crippen LogP contribution in [0.15, 0.2) is 47.3 Å². The minimum Gasteiger partial charge on any atom is -0.697 e. The van der Waals surface area contributed by atoms with Crippen molar-refractivity contribution in [3.05, 3.63) is 99.8 Å². The fourth-order valence-electron chi connectivity index (χ4n) is 2.95. The first-order valence-corrected chi connectivity index (χ1v) is 9.70. The number of carbonyl (C=O) groups is 1. The summed E-state index contributed by atoms with van der Waals surface area (Å²) in [6.07, 6.45) is 0. The Bertz CT molecular complexity index is 1500. The summed E-state index contributed by atoms with van der Waals surface area (Å²) in [5, 5.41) is 17.9. The van der Waals surface area contributed by atoms with E-state index in [1.807, 2.05) is 13.0 Å². The number of hydrogen-bond acceptors (Lipinski definition) is 5. The summed E-state index contributed by atoms with van der Waals surface area (Å²) in [5.74, 6) is -1.48. The molecule has 189 valence electrons. The van der Waals surface area contributed by atoms with Crippen LogP contribution in [0.5, 0.6) is 0 Å². The van der Waals surface area contributed by atoms with Crippen LogP contribution < -0.4 is 5.56 Å². The summed E-state index contributed by atoms with van der Waals surface area (Å²) in [5.41, 5.74) is 8.30. The average molecular weight is 741 g/mol. The fourth-order valence-corrected chi connectivity index (χ4v) is 3.10. The van der Waals surface area contributed by atoms with Gasteiger partial charge in [0, 0.05) is 12.6 Å². The van der Waals surface area contributed by atoms with E-state index in [4.69, 9.17) is 27.7 Å². The zero-order valence-corrected chi connectivity index (χ0v) is 21.5. The van der Waals surface area contributed by atoms with Crippen LogP contribution in [0.4, 0.5) is 10.1 Å². The molecule has 2 aromatic carbocycles. The van der Waals surface area contributed by atoms with Gasteiger partial charge in [0.2, 0.25) is 5.56 Å². The molecule has 2 heterocycles. The molecule has 0 saturated carbocycles. The SMILES string of the molecule is Cc1c[c-]c2nc(-c3cc(F)cc(C#N)c3)n(C)c(=O)c2c1.[CH3-].[Lr].[NH-]c1ccc(Cl)nc1C(=O)O. The van der Waals surface area contributed by atoms with E-state index in [2.05, 4.69) is 16.0 Å². The molecular weight excluding hydrogens is 723 g/mol. The summed E-state index contributed by atoms with van der Waals surface area (Å²) < 4.78 is 15.0. The van der Waals surface area contributed by atoms with Gasteiger partial charge in [-0.25, -0.2) is 14.2 Å². The third kappa shape index (κ3) is 5.94. The van der Waals surface area contributed by atoms with Crippen LogP contribution in [0.25, 0.3) is 28.0 Å². The summed E-state index contributed by atoms with van der Waals surface area (Å²) in [4.78, 5) is 30.6. The van der Waals surface area contributed by atoms with Crippen molar-refractivity contribution in [2.75, 3.05) is 0 Å². The van der Waals surface area contributed by atoms with Crippen LogP contribution in [0, 0.1) is 37.6 Å². The molecular formula is C24H18ClFLrN5O3-3. The normalized spacial score (nSPS) is 9.69. The number of halogens is 2. The number of fused-ring (bicyclic) bond motifs is 1. The quantitative estimate of drug-likeness (QED) is 0.220. The maximum atomic E-state index is 13.6. The van der Waals surface area contributed by atoms with Gasteiger partial charge in [-0.05, 0) is 35.2 Å². The molecule has 0 spiro atoms. The van der Waals surface area contributed by atoms with Crippen molar-refractivity contribution in [3.8, 4) is 17.5 Å². The van der Waals surface area contributed by atoms with E-state index in [-0.39, 0.29) is 35.1 Å². The van der Waals surface area contributed by atoms with Crippen LogP contribution in [-0.2, 0) is 7.05 Å². The van der Waals surface area contributed by atoms with Gasteiger partial charge >= 0.3 is 5.97 Å². The van der Waals surface area contributed by atoms with Crippen molar-refractivity contribution in [1.29, 1.82) is 5.26 Å². The summed E-state index contributed by atoms with van der Waals surface area (Å²) in [6.45, 7) is 1.87. The second-order valence-electron chi connectivity index (χ2n) is 6.91. The van der Waals surface area contributed by atoms with Gasteiger partial charge in [-0.3, -0.25) is 9.78 Å². The van der Waals surface area contributed by atoms with E-state index >= 15 is 0 Å². The molecule has 0 amide bonds. The Morgan fingerprint density at radius 1 is 1.26 bits per heavy atom. The fraction of sp³-hybridized carbons (Fsp3) is 0.0833. The molecule has 11 heteroatoms. The molecule has 4 aromatic rings. The number of aromatic carboxylic acids is 1. The minimum atomic E-state index is -1.24. The Kier molecular flexibility index (Phi) is 8.74. The molecule has 0 unspecified atom stereocenters. The monoisotopic (exact) mass is 740 g/mol. The van der Waals surface area contributed by atoms with Gasteiger partial charge in [0.1, 0.15) is 22.5 Å². The zero-order valence-electron chi connectivity index (χ0n) is 18.6. The maximum absolute atomic E-state index is 13.6. The van der Waals surface area contributed by atoms with Gasteiger partial charge in [0.25, 0.3) is 0 Å². The molecule has 0 aliphatic carbocycles. The number of aryl methyl sites for hydroxylation is 1. The number of benzene rings is 2. The summed E-state index contributed by atoms with van der Waals surface area (Å²) in [6, 6.07) is 14.9. The first-order valence-electron chi connectivity index (χ1n) is 9.32. The van der Waals surface area contributed by atoms with Crippen LogP contribution in [0.3, 0.4) is 0 Å². The standard InChI is InChI=1S/C17H11FN3O.C6H4ClN2O2.CH3.Lr/c1-10-3-4-15-14(5-10)17(22)21(2)16(20-15)12-6-11(9-19)7-13(18)8-12;7-4-2-1-3(8)5(9-4)6(10)11;;/h3,5-8H,1-2H3;1-2,8H,(H,10,11);1H3;/q3*-1;. The smallest absolute Gasteiger partial charge is 0.353 e. The van der Waals surface area contributed by atoms with E-state index in [0.717, 1.165) is 11.6 Å². The Morgan fingerprint density at radius 2 is 1.94 bits per heavy atom. The van der Waals surface area contributed by atoms with Crippen molar-refractivity contribution in [2.45, 2.75) is 6.92 Å². The van der Waals surface area contributed by atoms with Crippen molar-refractivity contribution in [1.82, 2.24) is 14.5 Å². The molecule has 0 fully saturated rings. The van der Waals surface area contributed by atoms with Crippen molar-refractivity contribution in [2.24, 2.45) is 7.05 Å². The molecule has 4 rings (SSSR count). The van der Waals surface area contributed by atoms with Crippen molar-refractivity contribution >= 4 is 34.2 Å². The first kappa shape index (κ1) is 27.7. The molecule has 0 atom stereocenters. The average Bonchev–Trinajstić information content (AvgIpc) is 2.78. The number of nitrogens with one attached hydrogen (secondary N) is 1. The van der Waals surface area contributed by atoms with Gasteiger partial charge in [-0.15, -0.1) is 5.69 Å². The van der Waals surface area contributed by atoms with E-state index in [1.165, 1.54) is 28.8 Å². The van der Waals surface area contributed by atoms with Crippen LogP contribution in [0.2, 0.25) is 5.15 Å². The van der Waals surface area contributed by atoms with E-state index in [0.29, 0.717) is 22.3 Å². The summed E-state index contributed by atoms with van der Waals surface area (Å²) >= 11 is 5.40. The van der Waals surface area contributed by atoms with Gasteiger partial charge in [-0.2, -0.15) is 29.0 Å². The Morgan fingerprint density at radius 3 is 2.54 bits per heavy atom. The Labute approximate surface area is 199 Å². The summed E-state index contributed by atoms with van der Waals surface area (Å²) in [7, 11) is 1.57. The molecule has 2 aromatic heterocycles. The molecule has 0 saturated heterocycles. The van der Waals surface area contributed by atoms with E-state index in [9.17, 15) is 14.0 Å². The van der Waals surface area contributed by atoms with E-state index in [1.54, 1.807) is 19.2 Å². The number of pyridine rings is 1. The first-order chi connectivity index (χ1) is 15.6. The second kappa shape index (κ2) is 11.0. The zero-order chi connectivity index (χ0) is 24.3. The molecule has 8 nitrogen and oxygen atoms in total. The third-order valence-corrected chi connectivity index (χ3v) is 4.69. The molecule has 35 heavy (non-hydrogen) atoms. The number of carboxylic acid groups (broad SMARTS) is 1. The topological polar surface area (TPSA) is 133 Å².